The number of carbonyl (C=O) groups is 1. The Kier molecular flexibility index (Phi) is 4.81. The third-order valence-electron chi connectivity index (χ3n) is 7.72. The Labute approximate surface area is 187 Å². The highest BCUT2D eigenvalue weighted by Crippen LogP contribution is 2.61. The van der Waals surface area contributed by atoms with Gasteiger partial charge in [0.25, 0.3) is 0 Å². The topological polar surface area (TPSA) is 80.9 Å². The smallest absolute Gasteiger partial charge is 0.231 e. The summed E-state index contributed by atoms with van der Waals surface area (Å²) >= 11 is 0. The second-order valence-electron chi connectivity index (χ2n) is 10.2. The number of anilines is 1. The molecular formula is C26H28N4O2. The molecule has 4 bridgehead atoms. The van der Waals surface area contributed by atoms with Crippen LogP contribution in [0.25, 0.3) is 11.4 Å². The molecule has 32 heavy (non-hydrogen) atoms. The minimum atomic E-state index is 0.140. The number of benzene rings is 1. The number of amides is 1. The molecule has 2 heterocycles. The van der Waals surface area contributed by atoms with E-state index in [2.05, 4.69) is 20.4 Å². The highest BCUT2D eigenvalue weighted by Gasteiger charge is 2.51. The fourth-order valence-corrected chi connectivity index (χ4v) is 6.94. The van der Waals surface area contributed by atoms with Crippen LogP contribution in [0.1, 0.15) is 56.4 Å². The molecule has 6 heteroatoms. The average Bonchev–Trinajstić information content (AvgIpc) is 3.23. The summed E-state index contributed by atoms with van der Waals surface area (Å²) in [6, 6.07) is 11.7. The minimum Gasteiger partial charge on any atom is -0.339 e. The third-order valence-corrected chi connectivity index (χ3v) is 7.72. The number of hydrogen-bond acceptors (Lipinski definition) is 5. The van der Waals surface area contributed by atoms with E-state index in [9.17, 15) is 4.79 Å². The third kappa shape index (κ3) is 3.83. The van der Waals surface area contributed by atoms with Gasteiger partial charge in [-0.25, -0.2) is 0 Å². The van der Waals surface area contributed by atoms with Gasteiger partial charge in [0, 0.05) is 30.1 Å². The van der Waals surface area contributed by atoms with Crippen molar-refractivity contribution in [2.24, 2.45) is 23.2 Å². The average molecular weight is 429 g/mol. The molecule has 4 saturated carbocycles. The molecule has 1 amide bonds. The number of pyridine rings is 1. The lowest BCUT2D eigenvalue weighted by molar-refractivity contribution is -0.124. The summed E-state index contributed by atoms with van der Waals surface area (Å²) in [4.78, 5) is 21.7. The van der Waals surface area contributed by atoms with Gasteiger partial charge in [0.05, 0.1) is 6.42 Å². The Morgan fingerprint density at radius 2 is 1.78 bits per heavy atom. The van der Waals surface area contributed by atoms with E-state index in [0.29, 0.717) is 24.6 Å². The van der Waals surface area contributed by atoms with Crippen molar-refractivity contribution in [2.75, 3.05) is 5.32 Å². The second-order valence-corrected chi connectivity index (χ2v) is 10.2. The van der Waals surface area contributed by atoms with E-state index in [4.69, 9.17) is 4.52 Å². The van der Waals surface area contributed by atoms with E-state index in [1.54, 1.807) is 12.4 Å². The molecule has 4 aliphatic carbocycles. The Hall–Kier alpha value is -3.02. The molecule has 3 aromatic rings. The molecule has 1 N–H and O–H groups in total. The minimum absolute atomic E-state index is 0.140. The van der Waals surface area contributed by atoms with Gasteiger partial charge in [0.2, 0.25) is 17.6 Å². The van der Waals surface area contributed by atoms with Crippen LogP contribution < -0.4 is 5.32 Å². The largest absolute Gasteiger partial charge is 0.339 e. The van der Waals surface area contributed by atoms with Gasteiger partial charge in [-0.05, 0) is 85.5 Å². The molecule has 0 atom stereocenters. The molecule has 1 aromatic carbocycles. The van der Waals surface area contributed by atoms with Crippen LogP contribution >= 0.6 is 0 Å². The van der Waals surface area contributed by atoms with Crippen molar-refractivity contribution in [3.63, 3.8) is 0 Å². The van der Waals surface area contributed by atoms with E-state index in [0.717, 1.165) is 34.6 Å². The zero-order valence-electron chi connectivity index (χ0n) is 18.2. The van der Waals surface area contributed by atoms with Gasteiger partial charge < -0.3 is 9.84 Å². The van der Waals surface area contributed by atoms with Crippen LogP contribution in [0, 0.1) is 23.2 Å². The maximum atomic E-state index is 13.1. The predicted octanol–water partition coefficient (Wildman–Crippen LogP) is 5.27. The summed E-state index contributed by atoms with van der Waals surface area (Å²) in [6.07, 6.45) is 12.5. The van der Waals surface area contributed by atoms with Gasteiger partial charge >= 0.3 is 0 Å². The molecule has 164 valence electrons. The molecule has 0 radical (unpaired) electrons. The summed E-state index contributed by atoms with van der Waals surface area (Å²) < 4.78 is 5.47. The Bertz CT molecular complexity index is 1090. The SMILES string of the molecule is O=C(CC12CC3CC(CC(C3)C1)C2)Nc1ccccc1Cc1nc(-c2cccnc2)no1. The highest BCUT2D eigenvalue weighted by atomic mass is 16.5. The van der Waals surface area contributed by atoms with Crippen LogP contribution in [-0.4, -0.2) is 21.0 Å². The number of rotatable bonds is 6. The lowest BCUT2D eigenvalue weighted by atomic mass is 9.49. The van der Waals surface area contributed by atoms with E-state index in [-0.39, 0.29) is 11.3 Å². The van der Waals surface area contributed by atoms with Crippen LogP contribution in [0.4, 0.5) is 5.69 Å². The number of carbonyl (C=O) groups excluding carboxylic acids is 1. The van der Waals surface area contributed by atoms with Gasteiger partial charge in [0.1, 0.15) is 0 Å². The van der Waals surface area contributed by atoms with Gasteiger partial charge in [-0.1, -0.05) is 23.4 Å². The monoisotopic (exact) mass is 428 g/mol. The van der Waals surface area contributed by atoms with Gasteiger partial charge in [-0.3, -0.25) is 9.78 Å². The van der Waals surface area contributed by atoms with Crippen LogP contribution in [0.5, 0.6) is 0 Å². The molecule has 0 spiro atoms. The first-order chi connectivity index (χ1) is 15.6. The quantitative estimate of drug-likeness (QED) is 0.579. The number of aromatic nitrogens is 3. The van der Waals surface area contributed by atoms with Gasteiger partial charge in [-0.2, -0.15) is 4.98 Å². The fraction of sp³-hybridized carbons (Fsp3) is 0.462. The van der Waals surface area contributed by atoms with Crippen molar-refractivity contribution in [3.8, 4) is 11.4 Å². The number of para-hydroxylation sites is 1. The zero-order chi connectivity index (χ0) is 21.5. The second kappa shape index (κ2) is 7.84. The molecule has 0 aliphatic heterocycles. The maximum absolute atomic E-state index is 13.1. The first-order valence-corrected chi connectivity index (χ1v) is 11.7. The van der Waals surface area contributed by atoms with Crippen LogP contribution in [0.3, 0.4) is 0 Å². The number of hydrogen-bond donors (Lipinski definition) is 1. The summed E-state index contributed by atoms with van der Waals surface area (Å²) in [5.41, 5.74) is 2.87. The Morgan fingerprint density at radius 3 is 2.50 bits per heavy atom. The summed E-state index contributed by atoms with van der Waals surface area (Å²) in [5, 5.41) is 7.29. The lowest BCUT2D eigenvalue weighted by Gasteiger charge is -2.56. The van der Waals surface area contributed by atoms with E-state index in [1.165, 1.54) is 38.5 Å². The maximum Gasteiger partial charge on any atom is 0.231 e. The molecule has 2 aromatic heterocycles. The van der Waals surface area contributed by atoms with E-state index < -0.39 is 0 Å². The molecule has 0 saturated heterocycles. The van der Waals surface area contributed by atoms with Gasteiger partial charge in [0.15, 0.2) is 0 Å². The Morgan fingerprint density at radius 1 is 1.03 bits per heavy atom. The van der Waals surface area contributed by atoms with Crippen molar-refractivity contribution in [1.29, 1.82) is 0 Å². The molecule has 0 unspecified atom stereocenters. The van der Waals surface area contributed by atoms with Crippen LogP contribution in [0.2, 0.25) is 0 Å². The van der Waals surface area contributed by atoms with Crippen molar-refractivity contribution in [2.45, 2.75) is 51.4 Å². The first-order valence-electron chi connectivity index (χ1n) is 11.7. The number of nitrogens with zero attached hydrogens (tertiary/aromatic N) is 3. The molecular weight excluding hydrogens is 400 g/mol. The van der Waals surface area contributed by atoms with Crippen molar-refractivity contribution in [1.82, 2.24) is 15.1 Å². The van der Waals surface area contributed by atoms with Crippen LogP contribution in [-0.2, 0) is 11.2 Å². The Balaban J connectivity index is 1.15. The van der Waals surface area contributed by atoms with Crippen LogP contribution in [0.15, 0.2) is 53.3 Å². The zero-order valence-corrected chi connectivity index (χ0v) is 18.2. The fourth-order valence-electron chi connectivity index (χ4n) is 6.94. The highest BCUT2D eigenvalue weighted by molar-refractivity contribution is 5.92. The summed E-state index contributed by atoms with van der Waals surface area (Å²) in [5.74, 6) is 3.75. The van der Waals surface area contributed by atoms with Gasteiger partial charge in [-0.15, -0.1) is 0 Å². The lowest BCUT2D eigenvalue weighted by Crippen LogP contribution is -2.47. The molecule has 4 fully saturated rings. The normalized spacial score (nSPS) is 28.1. The predicted molar refractivity (Wildman–Crippen MR) is 121 cm³/mol. The first kappa shape index (κ1) is 19.6. The standard InChI is InChI=1S/C26H28N4O2/c31-23(15-26-12-17-8-18(13-26)10-19(9-17)14-26)28-22-6-2-1-4-20(22)11-24-29-25(30-32-24)21-5-3-7-27-16-21/h1-7,16-19H,8-15H2,(H,28,31). The van der Waals surface area contributed by atoms with Crippen molar-refractivity contribution < 1.29 is 9.32 Å². The number of nitrogens with one attached hydrogen (secondary N) is 1. The summed E-state index contributed by atoms with van der Waals surface area (Å²) in [6.45, 7) is 0. The van der Waals surface area contributed by atoms with Crippen molar-refractivity contribution >= 4 is 11.6 Å². The molecule has 4 aliphatic rings. The summed E-state index contributed by atoms with van der Waals surface area (Å²) in [7, 11) is 0. The van der Waals surface area contributed by atoms with Crippen molar-refractivity contribution in [3.05, 3.63) is 60.2 Å². The molecule has 7 rings (SSSR count). The van der Waals surface area contributed by atoms with E-state index in [1.807, 2.05) is 36.4 Å². The van der Waals surface area contributed by atoms with E-state index >= 15 is 0 Å². The molecule has 6 nitrogen and oxygen atoms in total.